The first kappa shape index (κ1) is 19.9. The summed E-state index contributed by atoms with van der Waals surface area (Å²) in [5, 5.41) is -1.27. The van der Waals surface area contributed by atoms with Gasteiger partial charge in [0.05, 0.1) is 0 Å². The summed E-state index contributed by atoms with van der Waals surface area (Å²) in [7, 11) is -5.51. The Morgan fingerprint density at radius 1 is 0.759 bits per heavy atom. The van der Waals surface area contributed by atoms with Gasteiger partial charge >= 0.3 is 15.2 Å². The molecule has 0 fully saturated rings. The fraction of sp³-hybridized carbons (Fsp3) is 0.143. The van der Waals surface area contributed by atoms with Crippen molar-refractivity contribution in [2.45, 2.75) is 5.40 Å². The minimum Gasteiger partial charge on any atom is -0.415 e. The second kappa shape index (κ2) is 7.81. The number of para-hydroxylation sites is 2. The number of hydrogen-bond acceptors (Lipinski definition) is 6. The molecule has 8 heteroatoms. The van der Waals surface area contributed by atoms with Crippen molar-refractivity contribution in [2.75, 3.05) is 14.2 Å². The van der Waals surface area contributed by atoms with Gasteiger partial charge in [0, 0.05) is 25.3 Å². The zero-order valence-corrected chi connectivity index (χ0v) is 17.7. The molecule has 3 aromatic rings. The number of hydrogen-bond donors (Lipinski definition) is 0. The second-order valence-corrected chi connectivity index (χ2v) is 11.1. The smallest absolute Gasteiger partial charge is 0.415 e. The van der Waals surface area contributed by atoms with Crippen molar-refractivity contribution in [2.24, 2.45) is 0 Å². The van der Waals surface area contributed by atoms with Gasteiger partial charge in [0.25, 0.3) is 0 Å². The Labute approximate surface area is 169 Å². The molecule has 3 aromatic carbocycles. The minimum atomic E-state index is -4.12. The Bertz CT molecular complexity index is 1060. The van der Waals surface area contributed by atoms with Gasteiger partial charge in [0.1, 0.15) is 11.5 Å². The molecule has 0 bridgehead atoms. The van der Waals surface area contributed by atoms with Crippen LogP contribution in [-0.4, -0.2) is 14.2 Å². The molecule has 4 rings (SSSR count). The van der Waals surface area contributed by atoms with E-state index in [2.05, 4.69) is 0 Å². The Kier molecular flexibility index (Phi) is 5.37. The lowest BCUT2D eigenvalue weighted by Gasteiger charge is -2.30. The lowest BCUT2D eigenvalue weighted by atomic mass is 10.0. The van der Waals surface area contributed by atoms with Crippen molar-refractivity contribution >= 4 is 15.2 Å². The molecule has 1 aliphatic heterocycles. The van der Waals surface area contributed by atoms with Crippen LogP contribution < -0.4 is 9.05 Å². The Hall–Kier alpha value is -2.36. The van der Waals surface area contributed by atoms with Crippen LogP contribution in [0.2, 0.25) is 0 Å². The minimum absolute atomic E-state index is 0.375. The number of fused-ring (bicyclic) bond motifs is 3. The van der Waals surface area contributed by atoms with Crippen LogP contribution in [-0.2, 0) is 18.2 Å². The molecular weight excluding hydrogens is 410 g/mol. The van der Waals surface area contributed by atoms with E-state index in [9.17, 15) is 9.13 Å². The molecule has 0 saturated heterocycles. The molecule has 1 heterocycles. The van der Waals surface area contributed by atoms with Gasteiger partial charge in [-0.3, -0.25) is 4.57 Å². The van der Waals surface area contributed by atoms with E-state index in [1.165, 1.54) is 14.2 Å². The van der Waals surface area contributed by atoms with Gasteiger partial charge in [0.2, 0.25) is 5.40 Å². The SMILES string of the molecule is COP(=O)(OC)C(c1ccccc1)P1(=O)Oc2ccccc2-c2ccccc2O1. The quantitative estimate of drug-likeness (QED) is 0.430. The molecular formula is C21H20O6P2. The van der Waals surface area contributed by atoms with Crippen molar-refractivity contribution < 1.29 is 27.2 Å². The van der Waals surface area contributed by atoms with Crippen molar-refractivity contribution in [3.8, 4) is 22.6 Å². The fourth-order valence-corrected chi connectivity index (χ4v) is 8.33. The van der Waals surface area contributed by atoms with Crippen molar-refractivity contribution in [1.29, 1.82) is 0 Å². The van der Waals surface area contributed by atoms with Gasteiger partial charge in [-0.05, 0) is 17.7 Å². The average Bonchev–Trinajstić information content (AvgIpc) is 2.88. The van der Waals surface area contributed by atoms with Crippen molar-refractivity contribution in [3.05, 3.63) is 84.4 Å². The van der Waals surface area contributed by atoms with E-state index < -0.39 is 20.6 Å². The maximum Gasteiger partial charge on any atom is 0.450 e. The standard InChI is InChI=1S/C21H20O6P2/c1-24-28(22,25-2)21(16-10-4-3-5-11-16)29(23)26-19-14-8-6-12-17(19)18-13-7-9-15-20(18)27-29/h3-15,21H,1-2H3. The van der Waals surface area contributed by atoms with Crippen LogP contribution in [0.15, 0.2) is 78.9 Å². The molecule has 1 atom stereocenters. The first-order valence-electron chi connectivity index (χ1n) is 8.94. The summed E-state index contributed by atoms with van der Waals surface area (Å²) in [5.41, 5.74) is 1.94. The van der Waals surface area contributed by atoms with Gasteiger partial charge in [-0.2, -0.15) is 0 Å². The van der Waals surface area contributed by atoms with E-state index in [1.807, 2.05) is 24.3 Å². The van der Waals surface area contributed by atoms with Crippen LogP contribution in [0.5, 0.6) is 11.5 Å². The van der Waals surface area contributed by atoms with E-state index >= 15 is 0 Å². The summed E-state index contributed by atoms with van der Waals surface area (Å²) in [6.45, 7) is 0. The summed E-state index contributed by atoms with van der Waals surface area (Å²) in [6, 6.07) is 23.1. The van der Waals surface area contributed by atoms with Crippen LogP contribution in [0, 0.1) is 0 Å². The normalized spacial score (nSPS) is 15.8. The van der Waals surface area contributed by atoms with Gasteiger partial charge < -0.3 is 18.1 Å². The first-order chi connectivity index (χ1) is 14.0. The molecule has 0 saturated carbocycles. The highest BCUT2D eigenvalue weighted by Gasteiger charge is 2.54. The van der Waals surface area contributed by atoms with E-state index in [0.29, 0.717) is 17.1 Å². The van der Waals surface area contributed by atoms with Gasteiger partial charge in [0.15, 0.2) is 0 Å². The average molecular weight is 430 g/mol. The molecule has 1 aliphatic rings. The summed E-state index contributed by atoms with van der Waals surface area (Å²) >= 11 is 0. The zero-order valence-electron chi connectivity index (χ0n) is 15.9. The lowest BCUT2D eigenvalue weighted by Crippen LogP contribution is -2.12. The summed E-state index contributed by atoms with van der Waals surface area (Å²) < 4.78 is 50.3. The third kappa shape index (κ3) is 3.54. The Morgan fingerprint density at radius 2 is 1.21 bits per heavy atom. The Morgan fingerprint density at radius 3 is 1.69 bits per heavy atom. The molecule has 0 aliphatic carbocycles. The summed E-state index contributed by atoms with van der Waals surface area (Å²) in [5.74, 6) is 0.751. The van der Waals surface area contributed by atoms with Crippen molar-refractivity contribution in [3.63, 3.8) is 0 Å². The van der Waals surface area contributed by atoms with Gasteiger partial charge in [-0.25, -0.2) is 4.57 Å². The molecule has 150 valence electrons. The molecule has 0 N–H and O–H groups in total. The predicted molar refractivity (Wildman–Crippen MR) is 112 cm³/mol. The second-order valence-electron chi connectivity index (χ2n) is 6.40. The highest BCUT2D eigenvalue weighted by atomic mass is 31.2. The van der Waals surface area contributed by atoms with Gasteiger partial charge in [-0.15, -0.1) is 0 Å². The van der Waals surface area contributed by atoms with E-state index in [4.69, 9.17) is 18.1 Å². The molecule has 0 radical (unpaired) electrons. The van der Waals surface area contributed by atoms with Crippen LogP contribution >= 0.6 is 15.2 Å². The number of benzene rings is 3. The highest BCUT2D eigenvalue weighted by Crippen LogP contribution is 2.78. The van der Waals surface area contributed by atoms with Gasteiger partial charge in [-0.1, -0.05) is 66.7 Å². The summed E-state index contributed by atoms with van der Waals surface area (Å²) in [4.78, 5) is 0. The van der Waals surface area contributed by atoms with E-state index in [1.54, 1.807) is 54.6 Å². The Balaban J connectivity index is 1.96. The van der Waals surface area contributed by atoms with Crippen molar-refractivity contribution in [1.82, 2.24) is 0 Å². The molecule has 0 aromatic heterocycles. The third-order valence-corrected chi connectivity index (χ3v) is 10.1. The molecule has 1 unspecified atom stereocenters. The number of rotatable bonds is 5. The van der Waals surface area contributed by atoms with Crippen LogP contribution in [0.1, 0.15) is 11.0 Å². The molecule has 29 heavy (non-hydrogen) atoms. The molecule has 6 nitrogen and oxygen atoms in total. The topological polar surface area (TPSA) is 71.1 Å². The highest BCUT2D eigenvalue weighted by molar-refractivity contribution is 7.72. The van der Waals surface area contributed by atoms with E-state index in [0.717, 1.165) is 11.1 Å². The third-order valence-electron chi connectivity index (χ3n) is 4.72. The summed E-state index contributed by atoms with van der Waals surface area (Å²) in [6.07, 6.45) is 0. The molecule has 0 amide bonds. The zero-order chi connectivity index (χ0) is 20.5. The van der Waals surface area contributed by atoms with Crippen LogP contribution in [0.25, 0.3) is 11.1 Å². The predicted octanol–water partition coefficient (Wildman–Crippen LogP) is 6.50. The fourth-order valence-electron chi connectivity index (χ4n) is 3.37. The molecule has 0 spiro atoms. The maximum absolute atomic E-state index is 14.3. The monoisotopic (exact) mass is 430 g/mol. The first-order valence-corrected chi connectivity index (χ1v) is 12.2. The van der Waals surface area contributed by atoms with Crippen LogP contribution in [0.4, 0.5) is 0 Å². The lowest BCUT2D eigenvalue weighted by molar-refractivity contribution is 0.268. The van der Waals surface area contributed by atoms with Crippen LogP contribution in [0.3, 0.4) is 0 Å². The largest absolute Gasteiger partial charge is 0.450 e. The maximum atomic E-state index is 14.3. The van der Waals surface area contributed by atoms with E-state index in [-0.39, 0.29) is 0 Å².